The molecule has 0 unspecified atom stereocenters. The van der Waals surface area contributed by atoms with Crippen molar-refractivity contribution in [1.82, 2.24) is 15.0 Å². The SMILES string of the molecule is Cc1noc(C2CN(Cc3ccccc3Cl)C2)n1. The van der Waals surface area contributed by atoms with E-state index in [4.69, 9.17) is 16.1 Å². The van der Waals surface area contributed by atoms with Crippen molar-refractivity contribution in [3.63, 3.8) is 0 Å². The molecule has 1 aromatic carbocycles. The van der Waals surface area contributed by atoms with E-state index in [-0.39, 0.29) is 0 Å². The van der Waals surface area contributed by atoms with Crippen molar-refractivity contribution in [3.05, 3.63) is 46.6 Å². The number of halogens is 1. The van der Waals surface area contributed by atoms with Crippen LogP contribution in [0.15, 0.2) is 28.8 Å². The maximum absolute atomic E-state index is 6.14. The van der Waals surface area contributed by atoms with Crippen molar-refractivity contribution in [2.45, 2.75) is 19.4 Å². The lowest BCUT2D eigenvalue weighted by molar-refractivity contribution is 0.117. The summed E-state index contributed by atoms with van der Waals surface area (Å²) in [5, 5.41) is 4.65. The number of benzene rings is 1. The average Bonchev–Trinajstić information content (AvgIpc) is 2.71. The lowest BCUT2D eigenvalue weighted by atomic mass is 9.99. The number of likely N-dealkylation sites (tertiary alicyclic amines) is 1. The van der Waals surface area contributed by atoms with Gasteiger partial charge in [0.15, 0.2) is 5.82 Å². The van der Waals surface area contributed by atoms with Crippen LogP contribution in [0.4, 0.5) is 0 Å². The zero-order valence-electron chi connectivity index (χ0n) is 10.1. The molecule has 94 valence electrons. The van der Waals surface area contributed by atoms with Gasteiger partial charge in [-0.15, -0.1) is 0 Å². The molecule has 1 saturated heterocycles. The van der Waals surface area contributed by atoms with Crippen molar-refractivity contribution in [2.24, 2.45) is 0 Å². The molecule has 0 spiro atoms. The fraction of sp³-hybridized carbons (Fsp3) is 0.385. The van der Waals surface area contributed by atoms with Gasteiger partial charge in [-0.1, -0.05) is 35.0 Å². The molecule has 1 fully saturated rings. The van der Waals surface area contributed by atoms with Gasteiger partial charge in [0.25, 0.3) is 0 Å². The summed E-state index contributed by atoms with van der Waals surface area (Å²) in [5.41, 5.74) is 1.17. The Morgan fingerprint density at radius 2 is 2.17 bits per heavy atom. The number of hydrogen-bond acceptors (Lipinski definition) is 4. The van der Waals surface area contributed by atoms with Gasteiger partial charge >= 0.3 is 0 Å². The average molecular weight is 264 g/mol. The van der Waals surface area contributed by atoms with Crippen LogP contribution in [0.25, 0.3) is 0 Å². The highest BCUT2D eigenvalue weighted by Gasteiger charge is 2.32. The van der Waals surface area contributed by atoms with Crippen molar-refractivity contribution in [3.8, 4) is 0 Å². The summed E-state index contributed by atoms with van der Waals surface area (Å²) >= 11 is 6.14. The van der Waals surface area contributed by atoms with Gasteiger partial charge in [-0.25, -0.2) is 0 Å². The monoisotopic (exact) mass is 263 g/mol. The van der Waals surface area contributed by atoms with Crippen molar-refractivity contribution in [2.75, 3.05) is 13.1 Å². The second-order valence-corrected chi connectivity index (χ2v) is 5.07. The van der Waals surface area contributed by atoms with Crippen LogP contribution in [0.2, 0.25) is 5.02 Å². The van der Waals surface area contributed by atoms with E-state index >= 15 is 0 Å². The van der Waals surface area contributed by atoms with Gasteiger partial charge in [0.05, 0.1) is 5.92 Å². The number of nitrogens with zero attached hydrogens (tertiary/aromatic N) is 3. The lowest BCUT2D eigenvalue weighted by Gasteiger charge is -2.37. The Hall–Kier alpha value is -1.39. The minimum atomic E-state index is 0.369. The molecule has 0 N–H and O–H groups in total. The predicted molar refractivity (Wildman–Crippen MR) is 68.5 cm³/mol. The summed E-state index contributed by atoms with van der Waals surface area (Å²) in [6.45, 7) is 4.62. The Morgan fingerprint density at radius 3 is 2.83 bits per heavy atom. The minimum absolute atomic E-state index is 0.369. The maximum atomic E-state index is 6.14. The van der Waals surface area contributed by atoms with E-state index in [1.54, 1.807) is 0 Å². The van der Waals surface area contributed by atoms with Crippen molar-refractivity contribution in [1.29, 1.82) is 0 Å². The molecule has 0 aliphatic carbocycles. The van der Waals surface area contributed by atoms with E-state index in [9.17, 15) is 0 Å². The van der Waals surface area contributed by atoms with Crippen molar-refractivity contribution >= 4 is 11.6 Å². The quantitative estimate of drug-likeness (QED) is 0.854. The highest BCUT2D eigenvalue weighted by Crippen LogP contribution is 2.28. The Morgan fingerprint density at radius 1 is 1.39 bits per heavy atom. The minimum Gasteiger partial charge on any atom is -0.339 e. The number of aryl methyl sites for hydroxylation is 1. The van der Waals surface area contributed by atoms with Gasteiger partial charge < -0.3 is 4.52 Å². The standard InChI is InChI=1S/C13H14ClN3O/c1-9-15-13(18-16-9)11-7-17(8-11)6-10-4-2-3-5-12(10)14/h2-5,11H,6-8H2,1H3. The number of rotatable bonds is 3. The largest absolute Gasteiger partial charge is 0.339 e. The summed E-state index contributed by atoms with van der Waals surface area (Å²) in [6.07, 6.45) is 0. The lowest BCUT2D eigenvalue weighted by Crippen LogP contribution is -2.44. The van der Waals surface area contributed by atoms with E-state index < -0.39 is 0 Å². The molecule has 1 aliphatic heterocycles. The topological polar surface area (TPSA) is 42.2 Å². The summed E-state index contributed by atoms with van der Waals surface area (Å²) in [4.78, 5) is 6.59. The second kappa shape index (κ2) is 4.71. The molecule has 1 aromatic heterocycles. The highest BCUT2D eigenvalue weighted by molar-refractivity contribution is 6.31. The van der Waals surface area contributed by atoms with Gasteiger partial charge in [-0.05, 0) is 18.6 Å². The van der Waals surface area contributed by atoms with Gasteiger partial charge in [0.1, 0.15) is 0 Å². The molecule has 3 rings (SSSR count). The molecule has 2 aromatic rings. The van der Waals surface area contributed by atoms with Crippen molar-refractivity contribution < 1.29 is 4.52 Å². The number of hydrogen-bond donors (Lipinski definition) is 0. The van der Waals surface area contributed by atoms with Crippen LogP contribution in [0.1, 0.15) is 23.2 Å². The Balaban J connectivity index is 1.58. The first kappa shape index (κ1) is 11.7. The van der Waals surface area contributed by atoms with Crippen LogP contribution in [-0.2, 0) is 6.54 Å². The van der Waals surface area contributed by atoms with Crippen LogP contribution in [0, 0.1) is 6.92 Å². The van der Waals surface area contributed by atoms with Gasteiger partial charge in [0.2, 0.25) is 5.89 Å². The highest BCUT2D eigenvalue weighted by atomic mass is 35.5. The molecule has 2 heterocycles. The molecular weight excluding hydrogens is 250 g/mol. The molecule has 1 aliphatic rings. The smallest absolute Gasteiger partial charge is 0.232 e. The van der Waals surface area contributed by atoms with E-state index in [0.29, 0.717) is 11.7 Å². The molecule has 0 saturated carbocycles. The summed E-state index contributed by atoms with van der Waals surface area (Å²) in [7, 11) is 0. The van der Waals surface area contributed by atoms with E-state index in [2.05, 4.69) is 21.1 Å². The van der Waals surface area contributed by atoms with Gasteiger partial charge in [0, 0.05) is 24.7 Å². The maximum Gasteiger partial charge on any atom is 0.232 e. The summed E-state index contributed by atoms with van der Waals surface area (Å²) in [5.74, 6) is 1.83. The second-order valence-electron chi connectivity index (χ2n) is 4.66. The normalized spacial score (nSPS) is 16.8. The van der Waals surface area contributed by atoms with Crippen LogP contribution < -0.4 is 0 Å². The van der Waals surface area contributed by atoms with E-state index in [1.807, 2.05) is 25.1 Å². The Labute approximate surface area is 111 Å². The zero-order valence-corrected chi connectivity index (χ0v) is 10.9. The third kappa shape index (κ3) is 2.26. The zero-order chi connectivity index (χ0) is 12.5. The van der Waals surface area contributed by atoms with Crippen LogP contribution in [-0.4, -0.2) is 28.1 Å². The van der Waals surface area contributed by atoms with E-state index in [0.717, 1.165) is 30.5 Å². The summed E-state index contributed by atoms with van der Waals surface area (Å²) < 4.78 is 5.18. The van der Waals surface area contributed by atoms with Crippen LogP contribution in [0.3, 0.4) is 0 Å². The molecular formula is C13H14ClN3O. The molecule has 0 amide bonds. The molecule has 18 heavy (non-hydrogen) atoms. The fourth-order valence-corrected chi connectivity index (χ4v) is 2.40. The first-order valence-electron chi connectivity index (χ1n) is 5.98. The fourth-order valence-electron chi connectivity index (χ4n) is 2.20. The first-order valence-corrected chi connectivity index (χ1v) is 6.36. The molecule has 0 bridgehead atoms. The van der Waals surface area contributed by atoms with Gasteiger partial charge in [-0.3, -0.25) is 4.90 Å². The van der Waals surface area contributed by atoms with Gasteiger partial charge in [-0.2, -0.15) is 4.98 Å². The predicted octanol–water partition coefficient (Wildman–Crippen LogP) is 2.63. The van der Waals surface area contributed by atoms with Crippen LogP contribution in [0.5, 0.6) is 0 Å². The third-order valence-electron chi connectivity index (χ3n) is 3.20. The molecule has 4 nitrogen and oxygen atoms in total. The first-order chi connectivity index (χ1) is 8.72. The molecule has 5 heteroatoms. The summed E-state index contributed by atoms with van der Waals surface area (Å²) in [6, 6.07) is 7.95. The number of aromatic nitrogens is 2. The Bertz CT molecular complexity index is 549. The van der Waals surface area contributed by atoms with Crippen LogP contribution >= 0.6 is 11.6 Å². The Kier molecular flexibility index (Phi) is 3.06. The third-order valence-corrected chi connectivity index (χ3v) is 3.57. The molecule has 0 atom stereocenters. The van der Waals surface area contributed by atoms with E-state index in [1.165, 1.54) is 5.56 Å². The molecule has 0 radical (unpaired) electrons.